The summed E-state index contributed by atoms with van der Waals surface area (Å²) < 4.78 is 5.39. The maximum Gasteiger partial charge on any atom is 0.220 e. The van der Waals surface area contributed by atoms with Gasteiger partial charge in [0.15, 0.2) is 5.78 Å². The molecule has 0 unspecified atom stereocenters. The topological polar surface area (TPSA) is 55.4 Å². The third kappa shape index (κ3) is 5.47. The van der Waals surface area contributed by atoms with Crippen LogP contribution in [-0.4, -0.2) is 25.3 Å². The molecule has 4 nitrogen and oxygen atoms in total. The quantitative estimate of drug-likeness (QED) is 0.368. The van der Waals surface area contributed by atoms with Crippen LogP contribution in [0.3, 0.4) is 0 Å². The van der Waals surface area contributed by atoms with E-state index in [9.17, 15) is 9.59 Å². The van der Waals surface area contributed by atoms with E-state index in [1.54, 1.807) is 7.11 Å². The van der Waals surface area contributed by atoms with Crippen molar-refractivity contribution in [3.8, 4) is 5.75 Å². The number of hydrogen-bond acceptors (Lipinski definition) is 3. The molecule has 156 valence electrons. The number of rotatable bonds is 10. The number of hydrogen-bond donors (Lipinski definition) is 1. The number of benzene rings is 3. The fourth-order valence-electron chi connectivity index (χ4n) is 3.60. The molecule has 1 N–H and O–H groups in total. The number of carbonyl (C=O) groups is 2. The van der Waals surface area contributed by atoms with Gasteiger partial charge >= 0.3 is 0 Å². The summed E-state index contributed by atoms with van der Waals surface area (Å²) >= 11 is 0. The van der Waals surface area contributed by atoms with E-state index in [2.05, 4.69) is 12.2 Å². The molecule has 4 heteroatoms. The van der Waals surface area contributed by atoms with Crippen molar-refractivity contribution in [2.24, 2.45) is 0 Å². The molecule has 0 aliphatic rings. The van der Waals surface area contributed by atoms with Crippen LogP contribution in [0.5, 0.6) is 5.75 Å². The predicted molar refractivity (Wildman–Crippen MR) is 121 cm³/mol. The minimum absolute atomic E-state index is 0.00170. The Hall–Kier alpha value is -3.14. The summed E-state index contributed by atoms with van der Waals surface area (Å²) in [5.74, 6) is 0.856. The number of fused-ring (bicyclic) bond motifs is 1. The van der Waals surface area contributed by atoms with E-state index in [4.69, 9.17) is 4.74 Å². The molecule has 3 aromatic carbocycles. The van der Waals surface area contributed by atoms with Crippen molar-refractivity contribution in [1.29, 1.82) is 0 Å². The lowest BCUT2D eigenvalue weighted by molar-refractivity contribution is -0.121. The minimum atomic E-state index is -0.00170. The first kappa shape index (κ1) is 21.6. The molecular weight excluding hydrogens is 374 g/mol. The Labute approximate surface area is 178 Å². The third-order valence-electron chi connectivity index (χ3n) is 5.27. The van der Waals surface area contributed by atoms with Crippen LogP contribution in [0.2, 0.25) is 0 Å². The van der Waals surface area contributed by atoms with E-state index >= 15 is 0 Å². The second kappa shape index (κ2) is 10.6. The molecule has 1 amide bonds. The normalized spacial score (nSPS) is 10.7. The molecule has 0 heterocycles. The minimum Gasteiger partial charge on any atom is -0.497 e. The first-order valence-electron chi connectivity index (χ1n) is 10.6. The fourth-order valence-corrected chi connectivity index (χ4v) is 3.60. The highest BCUT2D eigenvalue weighted by Gasteiger charge is 2.13. The van der Waals surface area contributed by atoms with Gasteiger partial charge in [-0.2, -0.15) is 0 Å². The summed E-state index contributed by atoms with van der Waals surface area (Å²) in [5, 5.41) is 5.04. The number of nitrogens with one attached hydrogen (secondary N) is 1. The van der Waals surface area contributed by atoms with Gasteiger partial charge in [-0.15, -0.1) is 0 Å². The molecule has 3 aromatic rings. The Bertz CT molecular complexity index is 1010. The van der Waals surface area contributed by atoms with Crippen LogP contribution >= 0.6 is 0 Å². The molecule has 0 fully saturated rings. The van der Waals surface area contributed by atoms with Crippen molar-refractivity contribution in [2.75, 3.05) is 13.7 Å². The monoisotopic (exact) mass is 403 g/mol. The Kier molecular flexibility index (Phi) is 7.61. The molecule has 0 aliphatic carbocycles. The van der Waals surface area contributed by atoms with Gasteiger partial charge in [0.05, 0.1) is 7.11 Å². The number of ketones is 1. The van der Waals surface area contributed by atoms with Gasteiger partial charge in [-0.1, -0.05) is 56.2 Å². The molecule has 30 heavy (non-hydrogen) atoms. The van der Waals surface area contributed by atoms with Crippen LogP contribution in [0.4, 0.5) is 0 Å². The van der Waals surface area contributed by atoms with Crippen LogP contribution in [-0.2, 0) is 11.2 Å². The van der Waals surface area contributed by atoms with Gasteiger partial charge in [-0.3, -0.25) is 9.59 Å². The highest BCUT2D eigenvalue weighted by atomic mass is 16.5. The maximum atomic E-state index is 13.0. The van der Waals surface area contributed by atoms with Crippen LogP contribution in [0.15, 0.2) is 60.7 Å². The molecule has 3 rings (SSSR count). The van der Waals surface area contributed by atoms with Gasteiger partial charge in [-0.25, -0.2) is 0 Å². The van der Waals surface area contributed by atoms with Gasteiger partial charge in [-0.05, 0) is 53.4 Å². The number of ether oxygens (including phenoxy) is 1. The zero-order chi connectivity index (χ0) is 21.3. The standard InChI is InChI=1S/C26H29NO3/c1-3-4-6-11-25(28)27-15-14-21-17-22(26(29)19-9-7-5-8-10-19)16-20-12-13-23(30-2)18-24(20)21/h5,7-10,12-13,16-18H,3-4,6,11,14-15H2,1-2H3,(H,27,28). The second-order valence-electron chi connectivity index (χ2n) is 7.47. The van der Waals surface area contributed by atoms with Crippen LogP contribution < -0.4 is 10.1 Å². The van der Waals surface area contributed by atoms with Crippen LogP contribution in [0.25, 0.3) is 10.8 Å². The molecule has 0 saturated carbocycles. The zero-order valence-corrected chi connectivity index (χ0v) is 17.7. The van der Waals surface area contributed by atoms with E-state index in [-0.39, 0.29) is 11.7 Å². The van der Waals surface area contributed by atoms with Gasteiger partial charge < -0.3 is 10.1 Å². The van der Waals surface area contributed by atoms with Gasteiger partial charge in [0, 0.05) is 24.1 Å². The molecule has 0 saturated heterocycles. The van der Waals surface area contributed by atoms with Crippen LogP contribution in [0.1, 0.15) is 54.1 Å². The molecule has 0 bridgehead atoms. The van der Waals surface area contributed by atoms with E-state index < -0.39 is 0 Å². The fraction of sp³-hybridized carbons (Fsp3) is 0.308. The lowest BCUT2D eigenvalue weighted by atomic mass is 9.94. The van der Waals surface area contributed by atoms with Crippen molar-refractivity contribution in [3.05, 3.63) is 77.4 Å². The number of amides is 1. The Morgan fingerprint density at radius 1 is 0.933 bits per heavy atom. The van der Waals surface area contributed by atoms with Crippen molar-refractivity contribution >= 4 is 22.5 Å². The highest BCUT2D eigenvalue weighted by molar-refractivity contribution is 6.11. The zero-order valence-electron chi connectivity index (χ0n) is 17.7. The summed E-state index contributed by atoms with van der Waals surface area (Å²) in [6, 6.07) is 19.0. The number of unbranched alkanes of at least 4 members (excludes halogenated alkanes) is 2. The van der Waals surface area contributed by atoms with Crippen LogP contribution in [0, 0.1) is 0 Å². The van der Waals surface area contributed by atoms with Crippen molar-refractivity contribution in [3.63, 3.8) is 0 Å². The first-order chi connectivity index (χ1) is 14.6. The first-order valence-corrected chi connectivity index (χ1v) is 10.6. The van der Waals surface area contributed by atoms with E-state index in [0.717, 1.165) is 41.3 Å². The summed E-state index contributed by atoms with van der Waals surface area (Å²) in [5.41, 5.74) is 2.35. The Balaban J connectivity index is 1.84. The van der Waals surface area contributed by atoms with Crippen molar-refractivity contribution < 1.29 is 14.3 Å². The van der Waals surface area contributed by atoms with E-state index in [1.165, 1.54) is 0 Å². The number of carbonyl (C=O) groups excluding carboxylic acids is 2. The summed E-state index contributed by atoms with van der Waals surface area (Å²) in [6.45, 7) is 2.67. The summed E-state index contributed by atoms with van der Waals surface area (Å²) in [4.78, 5) is 25.0. The van der Waals surface area contributed by atoms with E-state index in [1.807, 2.05) is 60.7 Å². The summed E-state index contributed by atoms with van der Waals surface area (Å²) in [7, 11) is 1.64. The lowest BCUT2D eigenvalue weighted by Gasteiger charge is -2.12. The second-order valence-corrected chi connectivity index (χ2v) is 7.47. The maximum absolute atomic E-state index is 13.0. The lowest BCUT2D eigenvalue weighted by Crippen LogP contribution is -2.25. The van der Waals surface area contributed by atoms with Crippen molar-refractivity contribution in [2.45, 2.75) is 39.0 Å². The largest absolute Gasteiger partial charge is 0.497 e. The SMILES string of the molecule is CCCCCC(=O)NCCc1cc(C(=O)c2ccccc2)cc2ccc(OC)cc12. The van der Waals surface area contributed by atoms with Gasteiger partial charge in [0.2, 0.25) is 5.91 Å². The van der Waals surface area contributed by atoms with Gasteiger partial charge in [0.1, 0.15) is 5.75 Å². The average Bonchev–Trinajstić information content (AvgIpc) is 2.78. The molecule has 0 aromatic heterocycles. The van der Waals surface area contributed by atoms with Gasteiger partial charge in [0.25, 0.3) is 0 Å². The third-order valence-corrected chi connectivity index (χ3v) is 5.27. The molecule has 0 atom stereocenters. The molecule has 0 radical (unpaired) electrons. The molecule has 0 spiro atoms. The average molecular weight is 404 g/mol. The van der Waals surface area contributed by atoms with E-state index in [0.29, 0.717) is 30.5 Å². The number of methoxy groups -OCH3 is 1. The Morgan fingerprint density at radius 3 is 2.47 bits per heavy atom. The highest BCUT2D eigenvalue weighted by Crippen LogP contribution is 2.27. The molecular formula is C26H29NO3. The van der Waals surface area contributed by atoms with Crippen molar-refractivity contribution in [1.82, 2.24) is 5.32 Å². The smallest absolute Gasteiger partial charge is 0.220 e. The Morgan fingerprint density at radius 2 is 1.73 bits per heavy atom. The predicted octanol–water partition coefficient (Wildman–Crippen LogP) is 5.32. The summed E-state index contributed by atoms with van der Waals surface area (Å²) in [6.07, 6.45) is 4.31. The molecule has 0 aliphatic heterocycles.